The molecule has 168 valence electrons. The molecule has 0 atom stereocenters. The lowest BCUT2D eigenvalue weighted by molar-refractivity contribution is 0.0758. The van der Waals surface area contributed by atoms with Crippen molar-refractivity contribution in [2.24, 2.45) is 0 Å². The molecule has 1 amide bonds. The summed E-state index contributed by atoms with van der Waals surface area (Å²) >= 11 is 7.28. The maximum Gasteiger partial charge on any atom is 0.255 e. The van der Waals surface area contributed by atoms with E-state index in [0.717, 1.165) is 30.6 Å². The predicted molar refractivity (Wildman–Crippen MR) is 125 cm³/mol. The maximum absolute atomic E-state index is 13.1. The molecule has 0 radical (unpaired) electrons. The Morgan fingerprint density at radius 3 is 2.42 bits per heavy atom. The number of sulfonamides is 1. The highest BCUT2D eigenvalue weighted by Crippen LogP contribution is 2.26. The number of nitrogens with zero attached hydrogens (tertiary/aromatic N) is 1. The van der Waals surface area contributed by atoms with Gasteiger partial charge in [-0.25, -0.2) is 13.1 Å². The second-order valence-corrected chi connectivity index (χ2v) is 10.3. The van der Waals surface area contributed by atoms with Gasteiger partial charge in [-0.3, -0.25) is 4.79 Å². The number of ether oxygens (including phenoxy) is 1. The molecule has 0 bridgehead atoms. The van der Waals surface area contributed by atoms with Gasteiger partial charge in [-0.2, -0.15) is 0 Å². The topological polar surface area (TPSA) is 75.7 Å². The molecule has 0 aliphatic carbocycles. The van der Waals surface area contributed by atoms with Crippen LogP contribution >= 0.6 is 23.4 Å². The van der Waals surface area contributed by atoms with Crippen molar-refractivity contribution in [3.63, 3.8) is 0 Å². The lowest BCUT2D eigenvalue weighted by Gasteiger charge is -2.22. The van der Waals surface area contributed by atoms with E-state index in [0.29, 0.717) is 29.4 Å². The Kier molecular flexibility index (Phi) is 8.66. The number of halogens is 1. The van der Waals surface area contributed by atoms with E-state index in [1.165, 1.54) is 23.9 Å². The largest absolute Gasteiger partial charge is 0.492 e. The van der Waals surface area contributed by atoms with Crippen molar-refractivity contribution in [2.45, 2.75) is 35.5 Å². The molecule has 2 aromatic rings. The first-order valence-corrected chi connectivity index (χ1v) is 13.3. The summed E-state index contributed by atoms with van der Waals surface area (Å²) < 4.78 is 33.6. The quantitative estimate of drug-likeness (QED) is 0.444. The van der Waals surface area contributed by atoms with Gasteiger partial charge >= 0.3 is 0 Å². The molecule has 9 heteroatoms. The zero-order valence-corrected chi connectivity index (χ0v) is 19.9. The van der Waals surface area contributed by atoms with Gasteiger partial charge in [0.15, 0.2) is 0 Å². The first kappa shape index (κ1) is 23.9. The van der Waals surface area contributed by atoms with Gasteiger partial charge in [0.05, 0.1) is 10.5 Å². The molecule has 0 saturated carbocycles. The molecule has 0 aromatic heterocycles. The normalized spacial score (nSPS) is 14.8. The first-order valence-electron chi connectivity index (χ1n) is 10.3. The number of nitrogens with one attached hydrogen (secondary N) is 1. The van der Waals surface area contributed by atoms with Crippen molar-refractivity contribution in [3.8, 4) is 5.75 Å². The van der Waals surface area contributed by atoms with Gasteiger partial charge in [-0.15, -0.1) is 11.8 Å². The van der Waals surface area contributed by atoms with Crippen LogP contribution in [0.5, 0.6) is 5.75 Å². The third kappa shape index (κ3) is 6.62. The fourth-order valence-electron chi connectivity index (χ4n) is 3.42. The average Bonchev–Trinajstić information content (AvgIpc) is 3.06. The summed E-state index contributed by atoms with van der Waals surface area (Å²) in [6.07, 6.45) is 6.08. The van der Waals surface area contributed by atoms with E-state index in [2.05, 4.69) is 4.72 Å². The van der Waals surface area contributed by atoms with Gasteiger partial charge in [0, 0.05) is 29.6 Å². The van der Waals surface area contributed by atoms with Crippen molar-refractivity contribution in [3.05, 3.63) is 53.1 Å². The van der Waals surface area contributed by atoms with Crippen LogP contribution in [0.25, 0.3) is 0 Å². The standard InChI is InChI=1S/C22H27ClN2O4S2/c1-30-21-11-10-19(16-20(21)22(26)25-13-4-2-3-5-14-25)31(27,28)24-12-15-29-18-8-6-17(23)7-9-18/h6-11,16,24H,2-5,12-15H2,1H3. The molecule has 0 unspecified atom stereocenters. The molecule has 31 heavy (non-hydrogen) atoms. The zero-order chi connectivity index (χ0) is 22.3. The Bertz CT molecular complexity index is 989. The van der Waals surface area contributed by atoms with Crippen molar-refractivity contribution < 1.29 is 17.9 Å². The number of thioether (sulfide) groups is 1. The number of carbonyl (C=O) groups excluding carboxylic acids is 1. The first-order chi connectivity index (χ1) is 14.9. The van der Waals surface area contributed by atoms with E-state index in [4.69, 9.17) is 16.3 Å². The van der Waals surface area contributed by atoms with Gasteiger partial charge in [-0.1, -0.05) is 24.4 Å². The average molecular weight is 483 g/mol. The van der Waals surface area contributed by atoms with Gasteiger partial charge in [0.2, 0.25) is 10.0 Å². The van der Waals surface area contributed by atoms with E-state index < -0.39 is 10.0 Å². The van der Waals surface area contributed by atoms with Crippen LogP contribution in [0.3, 0.4) is 0 Å². The van der Waals surface area contributed by atoms with Crippen LogP contribution in [0.2, 0.25) is 5.02 Å². The Labute approximate surface area is 193 Å². The summed E-state index contributed by atoms with van der Waals surface area (Å²) in [5.41, 5.74) is 0.440. The Morgan fingerprint density at radius 1 is 1.10 bits per heavy atom. The molecular weight excluding hydrogens is 456 g/mol. The number of benzene rings is 2. The summed E-state index contributed by atoms with van der Waals surface area (Å²) in [6.45, 7) is 1.70. The minimum absolute atomic E-state index is 0.0787. The minimum Gasteiger partial charge on any atom is -0.492 e. The highest BCUT2D eigenvalue weighted by atomic mass is 35.5. The van der Waals surface area contributed by atoms with Crippen LogP contribution in [0.4, 0.5) is 0 Å². The van der Waals surface area contributed by atoms with E-state index in [-0.39, 0.29) is 24.0 Å². The smallest absolute Gasteiger partial charge is 0.255 e. The Hall–Kier alpha value is -1.74. The second-order valence-electron chi connectivity index (χ2n) is 7.27. The van der Waals surface area contributed by atoms with Gasteiger partial charge < -0.3 is 9.64 Å². The summed E-state index contributed by atoms with van der Waals surface area (Å²) in [5.74, 6) is 0.507. The summed E-state index contributed by atoms with van der Waals surface area (Å²) in [5, 5.41) is 0.604. The molecule has 1 heterocycles. The number of rotatable bonds is 8. The zero-order valence-electron chi connectivity index (χ0n) is 17.5. The van der Waals surface area contributed by atoms with Crippen molar-refractivity contribution >= 4 is 39.3 Å². The Balaban J connectivity index is 1.68. The van der Waals surface area contributed by atoms with E-state index in [9.17, 15) is 13.2 Å². The third-order valence-electron chi connectivity index (χ3n) is 5.08. The SMILES string of the molecule is CSc1ccc(S(=O)(=O)NCCOc2ccc(Cl)cc2)cc1C(=O)N1CCCCCC1. The van der Waals surface area contributed by atoms with Gasteiger partial charge in [0.1, 0.15) is 12.4 Å². The highest BCUT2D eigenvalue weighted by Gasteiger charge is 2.23. The summed E-state index contributed by atoms with van der Waals surface area (Å²) in [6, 6.07) is 11.6. The number of amides is 1. The number of carbonyl (C=O) groups is 1. The van der Waals surface area contributed by atoms with Crippen LogP contribution in [0, 0.1) is 0 Å². The fourth-order valence-corrected chi connectivity index (χ4v) is 5.16. The van der Waals surface area contributed by atoms with E-state index in [1.807, 2.05) is 11.2 Å². The molecule has 1 N–H and O–H groups in total. The maximum atomic E-state index is 13.1. The Morgan fingerprint density at radius 2 is 1.77 bits per heavy atom. The number of hydrogen-bond donors (Lipinski definition) is 1. The minimum atomic E-state index is -3.77. The van der Waals surface area contributed by atoms with Crippen LogP contribution in [-0.4, -0.2) is 51.7 Å². The van der Waals surface area contributed by atoms with E-state index >= 15 is 0 Å². The fraction of sp³-hybridized carbons (Fsp3) is 0.409. The lowest BCUT2D eigenvalue weighted by atomic mass is 10.2. The lowest BCUT2D eigenvalue weighted by Crippen LogP contribution is -2.33. The molecule has 1 aliphatic heterocycles. The van der Waals surface area contributed by atoms with Crippen molar-refractivity contribution in [2.75, 3.05) is 32.5 Å². The predicted octanol–water partition coefficient (Wildman–Crippen LogP) is 4.44. The second kappa shape index (κ2) is 11.2. The molecule has 3 rings (SSSR count). The van der Waals surface area contributed by atoms with Crippen LogP contribution in [0.15, 0.2) is 52.3 Å². The van der Waals surface area contributed by atoms with Crippen LogP contribution in [-0.2, 0) is 10.0 Å². The van der Waals surface area contributed by atoms with Crippen molar-refractivity contribution in [1.29, 1.82) is 0 Å². The monoisotopic (exact) mass is 482 g/mol. The number of likely N-dealkylation sites (tertiary alicyclic amines) is 1. The number of hydrogen-bond acceptors (Lipinski definition) is 5. The molecule has 1 fully saturated rings. The van der Waals surface area contributed by atoms with Crippen molar-refractivity contribution in [1.82, 2.24) is 9.62 Å². The third-order valence-corrected chi connectivity index (χ3v) is 7.59. The van der Waals surface area contributed by atoms with Crippen LogP contribution < -0.4 is 9.46 Å². The molecule has 6 nitrogen and oxygen atoms in total. The molecule has 2 aromatic carbocycles. The molecule has 0 spiro atoms. The highest BCUT2D eigenvalue weighted by molar-refractivity contribution is 7.98. The van der Waals surface area contributed by atoms with Gasteiger partial charge in [0.25, 0.3) is 5.91 Å². The van der Waals surface area contributed by atoms with Gasteiger partial charge in [-0.05, 0) is 61.6 Å². The summed E-state index contributed by atoms with van der Waals surface area (Å²) in [7, 11) is -3.77. The molecule has 1 saturated heterocycles. The van der Waals surface area contributed by atoms with Crippen LogP contribution in [0.1, 0.15) is 36.0 Å². The van der Waals surface area contributed by atoms with E-state index in [1.54, 1.807) is 30.3 Å². The molecule has 1 aliphatic rings. The molecular formula is C22H27ClN2O4S2. The summed E-state index contributed by atoms with van der Waals surface area (Å²) in [4.78, 5) is 15.8.